The van der Waals surface area contributed by atoms with Gasteiger partial charge in [0.15, 0.2) is 0 Å². The Balaban J connectivity index is 2.09. The summed E-state index contributed by atoms with van der Waals surface area (Å²) in [6.07, 6.45) is 0.236. The molecule has 0 aliphatic carbocycles. The van der Waals surface area contributed by atoms with Crippen LogP contribution in [0.4, 0.5) is 11.4 Å². The highest BCUT2D eigenvalue weighted by atomic mass is 79.9. The lowest BCUT2D eigenvalue weighted by atomic mass is 10.1. The van der Waals surface area contributed by atoms with Crippen LogP contribution in [0.2, 0.25) is 0 Å². The number of nitrogen functional groups attached to an aromatic ring is 1. The second-order valence-electron chi connectivity index (χ2n) is 4.27. The molecule has 0 saturated carbocycles. The molecule has 0 spiro atoms. The van der Waals surface area contributed by atoms with Gasteiger partial charge in [0.2, 0.25) is 5.91 Å². The molecule has 1 amide bonds. The van der Waals surface area contributed by atoms with E-state index in [-0.39, 0.29) is 12.3 Å². The van der Waals surface area contributed by atoms with Gasteiger partial charge in [-0.3, -0.25) is 4.79 Å². The van der Waals surface area contributed by atoms with E-state index in [1.165, 1.54) is 0 Å². The molecule has 2 rings (SSSR count). The van der Waals surface area contributed by atoms with Gasteiger partial charge in [0, 0.05) is 10.0 Å². The minimum absolute atomic E-state index is 0.136. The summed E-state index contributed by atoms with van der Waals surface area (Å²) >= 11 is 3.33. The lowest BCUT2D eigenvalue weighted by Crippen LogP contribution is -2.15. The Hall–Kier alpha value is -2.01. The summed E-state index contributed by atoms with van der Waals surface area (Å²) in [4.78, 5) is 12.1. The number of methoxy groups -OCH3 is 1. The van der Waals surface area contributed by atoms with Crippen LogP contribution in [0, 0.1) is 0 Å². The fraction of sp³-hybridized carbons (Fsp3) is 0.133. The van der Waals surface area contributed by atoms with Gasteiger partial charge in [0.1, 0.15) is 5.75 Å². The number of amides is 1. The van der Waals surface area contributed by atoms with Crippen molar-refractivity contribution in [1.29, 1.82) is 0 Å². The van der Waals surface area contributed by atoms with E-state index >= 15 is 0 Å². The first-order valence-electron chi connectivity index (χ1n) is 6.07. The van der Waals surface area contributed by atoms with Crippen LogP contribution in [-0.2, 0) is 11.2 Å². The number of carbonyl (C=O) groups is 1. The molecule has 0 unspecified atom stereocenters. The number of anilines is 2. The number of nitrogens with one attached hydrogen (secondary N) is 1. The zero-order chi connectivity index (χ0) is 14.5. The van der Waals surface area contributed by atoms with Gasteiger partial charge in [0.05, 0.1) is 24.9 Å². The Morgan fingerprint density at radius 1 is 1.30 bits per heavy atom. The van der Waals surface area contributed by atoms with Crippen LogP contribution in [0.5, 0.6) is 5.75 Å². The zero-order valence-electron chi connectivity index (χ0n) is 11.0. The third kappa shape index (κ3) is 3.51. The third-order valence-electron chi connectivity index (χ3n) is 2.83. The maximum atomic E-state index is 12.1. The lowest BCUT2D eigenvalue weighted by molar-refractivity contribution is -0.115. The van der Waals surface area contributed by atoms with Gasteiger partial charge in [-0.25, -0.2) is 0 Å². The molecule has 0 aromatic heterocycles. The average Bonchev–Trinajstić information content (AvgIpc) is 2.42. The van der Waals surface area contributed by atoms with Gasteiger partial charge >= 0.3 is 0 Å². The third-order valence-corrected chi connectivity index (χ3v) is 3.32. The van der Waals surface area contributed by atoms with Crippen LogP contribution in [0.15, 0.2) is 46.9 Å². The van der Waals surface area contributed by atoms with Crippen molar-refractivity contribution in [2.75, 3.05) is 18.2 Å². The van der Waals surface area contributed by atoms with E-state index in [0.717, 1.165) is 10.0 Å². The van der Waals surface area contributed by atoms with Crippen molar-refractivity contribution in [3.8, 4) is 5.75 Å². The highest BCUT2D eigenvalue weighted by Crippen LogP contribution is 2.24. The number of rotatable bonds is 4. The second kappa shape index (κ2) is 6.43. The minimum Gasteiger partial charge on any atom is -0.496 e. The lowest BCUT2D eigenvalue weighted by Gasteiger charge is -2.10. The number of carbonyl (C=O) groups excluding carboxylic acids is 1. The molecular weight excluding hydrogens is 320 g/mol. The quantitative estimate of drug-likeness (QED) is 0.843. The number of benzene rings is 2. The minimum atomic E-state index is -0.136. The maximum absolute atomic E-state index is 12.1. The van der Waals surface area contributed by atoms with Crippen molar-refractivity contribution in [3.63, 3.8) is 0 Å². The summed E-state index contributed by atoms with van der Waals surface area (Å²) in [6.45, 7) is 0. The number of hydrogen-bond donors (Lipinski definition) is 2. The molecule has 20 heavy (non-hydrogen) atoms. The van der Waals surface area contributed by atoms with Gasteiger partial charge < -0.3 is 15.8 Å². The van der Waals surface area contributed by atoms with E-state index in [0.29, 0.717) is 17.1 Å². The maximum Gasteiger partial charge on any atom is 0.228 e. The highest BCUT2D eigenvalue weighted by molar-refractivity contribution is 9.10. The van der Waals surface area contributed by atoms with Crippen LogP contribution >= 0.6 is 15.9 Å². The smallest absolute Gasteiger partial charge is 0.228 e. The molecule has 4 nitrogen and oxygen atoms in total. The van der Waals surface area contributed by atoms with E-state index in [1.807, 2.05) is 30.3 Å². The van der Waals surface area contributed by atoms with Crippen LogP contribution in [-0.4, -0.2) is 13.0 Å². The van der Waals surface area contributed by atoms with Crippen LogP contribution in [0.25, 0.3) is 0 Å². The predicted octanol–water partition coefficient (Wildman–Crippen LogP) is 3.22. The summed E-state index contributed by atoms with van der Waals surface area (Å²) < 4.78 is 6.10. The molecule has 104 valence electrons. The molecule has 3 N–H and O–H groups in total. The molecular formula is C15H15BrN2O2. The molecule has 2 aromatic carbocycles. The molecule has 0 heterocycles. The number of para-hydroxylation sites is 1. The van der Waals surface area contributed by atoms with Gasteiger partial charge in [-0.05, 0) is 24.3 Å². The van der Waals surface area contributed by atoms with Crippen LogP contribution in [0.3, 0.4) is 0 Å². The summed E-state index contributed by atoms with van der Waals surface area (Å²) in [7, 11) is 1.59. The molecule has 0 aliphatic heterocycles. The van der Waals surface area contributed by atoms with Gasteiger partial charge in [-0.2, -0.15) is 0 Å². The van der Waals surface area contributed by atoms with Crippen molar-refractivity contribution in [1.82, 2.24) is 0 Å². The standard InChI is InChI=1S/C15H15BrN2O2/c1-20-14-5-3-2-4-10(14)8-15(19)18-13-7-6-11(16)9-12(13)17/h2-7,9H,8,17H2,1H3,(H,18,19). The Kier molecular flexibility index (Phi) is 4.63. The first-order valence-corrected chi connectivity index (χ1v) is 6.86. The fourth-order valence-corrected chi connectivity index (χ4v) is 2.24. The topological polar surface area (TPSA) is 64.3 Å². The number of hydrogen-bond acceptors (Lipinski definition) is 3. The molecule has 0 radical (unpaired) electrons. The Bertz CT molecular complexity index is 629. The fourth-order valence-electron chi connectivity index (χ4n) is 1.86. The first-order chi connectivity index (χ1) is 9.60. The molecule has 0 atom stereocenters. The SMILES string of the molecule is COc1ccccc1CC(=O)Nc1ccc(Br)cc1N. The van der Waals surface area contributed by atoms with Crippen LogP contribution in [0.1, 0.15) is 5.56 Å². The summed E-state index contributed by atoms with van der Waals surface area (Å²) in [5, 5.41) is 2.80. The molecule has 0 aliphatic rings. The first kappa shape index (κ1) is 14.4. The largest absolute Gasteiger partial charge is 0.496 e. The summed E-state index contributed by atoms with van der Waals surface area (Å²) in [5.74, 6) is 0.565. The average molecular weight is 335 g/mol. The number of ether oxygens (including phenoxy) is 1. The molecule has 0 bridgehead atoms. The van der Waals surface area contributed by atoms with Crippen molar-refractivity contribution >= 4 is 33.2 Å². The zero-order valence-corrected chi connectivity index (χ0v) is 12.6. The molecule has 5 heteroatoms. The monoisotopic (exact) mass is 334 g/mol. The Morgan fingerprint density at radius 2 is 2.05 bits per heavy atom. The van der Waals surface area contributed by atoms with E-state index in [2.05, 4.69) is 21.2 Å². The van der Waals surface area contributed by atoms with E-state index in [4.69, 9.17) is 10.5 Å². The van der Waals surface area contributed by atoms with E-state index < -0.39 is 0 Å². The predicted molar refractivity (Wildman–Crippen MR) is 83.9 cm³/mol. The van der Waals surface area contributed by atoms with Gasteiger partial charge in [-0.1, -0.05) is 34.1 Å². The van der Waals surface area contributed by atoms with Crippen molar-refractivity contribution in [2.24, 2.45) is 0 Å². The highest BCUT2D eigenvalue weighted by Gasteiger charge is 2.09. The number of nitrogens with two attached hydrogens (primary N) is 1. The van der Waals surface area contributed by atoms with E-state index in [9.17, 15) is 4.79 Å². The Morgan fingerprint density at radius 3 is 2.75 bits per heavy atom. The molecule has 2 aromatic rings. The molecule has 0 fully saturated rings. The number of halogens is 1. The summed E-state index contributed by atoms with van der Waals surface area (Å²) in [5.41, 5.74) is 7.81. The van der Waals surface area contributed by atoms with E-state index in [1.54, 1.807) is 19.2 Å². The van der Waals surface area contributed by atoms with Gasteiger partial charge in [-0.15, -0.1) is 0 Å². The van der Waals surface area contributed by atoms with Gasteiger partial charge in [0.25, 0.3) is 0 Å². The van der Waals surface area contributed by atoms with Crippen molar-refractivity contribution in [2.45, 2.75) is 6.42 Å². The second-order valence-corrected chi connectivity index (χ2v) is 5.18. The summed E-state index contributed by atoms with van der Waals surface area (Å²) in [6, 6.07) is 12.8. The Labute approximate surface area is 126 Å². The normalized spacial score (nSPS) is 10.1. The molecule has 0 saturated heterocycles. The van der Waals surface area contributed by atoms with Crippen molar-refractivity contribution in [3.05, 3.63) is 52.5 Å². The van der Waals surface area contributed by atoms with Crippen molar-refractivity contribution < 1.29 is 9.53 Å². The van der Waals surface area contributed by atoms with Crippen LogP contribution < -0.4 is 15.8 Å².